The highest BCUT2D eigenvalue weighted by Crippen LogP contribution is 2.31. The summed E-state index contributed by atoms with van der Waals surface area (Å²) >= 11 is 0. The molecule has 4 rings (SSSR count). The summed E-state index contributed by atoms with van der Waals surface area (Å²) < 4.78 is 7.44. The van der Waals surface area contributed by atoms with Gasteiger partial charge in [0.2, 0.25) is 0 Å². The van der Waals surface area contributed by atoms with E-state index >= 15 is 0 Å². The van der Waals surface area contributed by atoms with Gasteiger partial charge in [-0.2, -0.15) is 5.10 Å². The average molecular weight is 390 g/mol. The molecule has 1 aliphatic heterocycles. The van der Waals surface area contributed by atoms with Gasteiger partial charge in [0.05, 0.1) is 31.5 Å². The van der Waals surface area contributed by atoms with Crippen LogP contribution in [0.5, 0.6) is 5.75 Å². The quantitative estimate of drug-likeness (QED) is 0.728. The third kappa shape index (κ3) is 3.89. The van der Waals surface area contributed by atoms with Crippen molar-refractivity contribution in [3.8, 4) is 5.75 Å². The number of hydrogen-bond acceptors (Lipinski definition) is 4. The Hall–Kier alpha value is -3.12. The summed E-state index contributed by atoms with van der Waals surface area (Å²) in [5.74, 6) is 0.815. The zero-order valence-corrected chi connectivity index (χ0v) is 16.8. The Morgan fingerprint density at radius 3 is 2.72 bits per heavy atom. The molecule has 6 nitrogen and oxygen atoms in total. The minimum Gasteiger partial charge on any atom is -0.496 e. The number of amides is 1. The van der Waals surface area contributed by atoms with E-state index in [1.165, 1.54) is 0 Å². The molecule has 1 aliphatic rings. The molecule has 150 valence electrons. The summed E-state index contributed by atoms with van der Waals surface area (Å²) in [7, 11) is 1.67. The first-order chi connectivity index (χ1) is 14.2. The van der Waals surface area contributed by atoms with E-state index in [4.69, 9.17) is 4.74 Å². The number of carbonyl (C=O) groups is 1. The van der Waals surface area contributed by atoms with Gasteiger partial charge in [0.1, 0.15) is 5.75 Å². The van der Waals surface area contributed by atoms with Gasteiger partial charge in [-0.05, 0) is 18.6 Å². The zero-order valence-electron chi connectivity index (χ0n) is 16.8. The molecule has 1 N–H and O–H groups in total. The van der Waals surface area contributed by atoms with Gasteiger partial charge in [-0.3, -0.25) is 9.48 Å². The van der Waals surface area contributed by atoms with E-state index < -0.39 is 0 Å². The standard InChI is InChI=1S/C23H26N4O2/c1-17-20(14-25-27(17)16-18-8-4-3-5-9-18)23(28)26-13-12-24-15-21(26)19-10-6-7-11-22(19)29-2/h3-11,14,21,24H,12-13,15-16H2,1-2H3. The molecule has 6 heteroatoms. The lowest BCUT2D eigenvalue weighted by atomic mass is 10.0. The lowest BCUT2D eigenvalue weighted by Crippen LogP contribution is -2.48. The SMILES string of the molecule is COc1ccccc1C1CNCCN1C(=O)c1cnn(Cc2ccccc2)c1C. The van der Waals surface area contributed by atoms with Crippen LogP contribution in [0.2, 0.25) is 0 Å². The second kappa shape index (κ2) is 8.49. The van der Waals surface area contributed by atoms with E-state index in [9.17, 15) is 4.79 Å². The second-order valence-corrected chi connectivity index (χ2v) is 7.25. The lowest BCUT2D eigenvalue weighted by Gasteiger charge is -2.37. The summed E-state index contributed by atoms with van der Waals surface area (Å²) in [6.07, 6.45) is 1.70. The normalized spacial score (nSPS) is 16.6. The fourth-order valence-electron chi connectivity index (χ4n) is 3.89. The third-order valence-electron chi connectivity index (χ3n) is 5.51. The summed E-state index contributed by atoms with van der Waals surface area (Å²) in [4.78, 5) is 15.4. The number of piperazine rings is 1. The number of rotatable bonds is 5. The summed E-state index contributed by atoms with van der Waals surface area (Å²) in [5, 5.41) is 7.89. The molecule has 1 saturated heterocycles. The molecule has 0 radical (unpaired) electrons. The van der Waals surface area contributed by atoms with Crippen molar-refractivity contribution in [1.29, 1.82) is 0 Å². The summed E-state index contributed by atoms with van der Waals surface area (Å²) in [6, 6.07) is 18.0. The number of methoxy groups -OCH3 is 1. The van der Waals surface area contributed by atoms with Crippen molar-refractivity contribution in [3.63, 3.8) is 0 Å². The van der Waals surface area contributed by atoms with E-state index in [2.05, 4.69) is 22.5 Å². The molecule has 2 aromatic carbocycles. The molecule has 1 amide bonds. The predicted octanol–water partition coefficient (Wildman–Crippen LogP) is 3.04. The van der Waals surface area contributed by atoms with Crippen molar-refractivity contribution in [2.45, 2.75) is 19.5 Å². The summed E-state index contributed by atoms with van der Waals surface area (Å²) in [5.41, 5.74) is 3.72. The van der Waals surface area contributed by atoms with Gasteiger partial charge in [-0.25, -0.2) is 0 Å². The zero-order chi connectivity index (χ0) is 20.2. The maximum Gasteiger partial charge on any atom is 0.257 e. The van der Waals surface area contributed by atoms with Gasteiger partial charge in [0, 0.05) is 30.9 Å². The Bertz CT molecular complexity index is 984. The Balaban J connectivity index is 1.61. The number of nitrogens with one attached hydrogen (secondary N) is 1. The Kier molecular flexibility index (Phi) is 5.62. The highest BCUT2D eigenvalue weighted by atomic mass is 16.5. The molecule has 29 heavy (non-hydrogen) atoms. The number of carbonyl (C=O) groups excluding carboxylic acids is 1. The highest BCUT2D eigenvalue weighted by molar-refractivity contribution is 5.95. The van der Waals surface area contributed by atoms with Crippen LogP contribution in [0.3, 0.4) is 0 Å². The molecule has 3 aromatic rings. The van der Waals surface area contributed by atoms with Crippen LogP contribution in [0, 0.1) is 6.92 Å². The first-order valence-corrected chi connectivity index (χ1v) is 9.90. The van der Waals surface area contributed by atoms with Crippen molar-refractivity contribution < 1.29 is 9.53 Å². The maximum absolute atomic E-state index is 13.5. The number of ether oxygens (including phenoxy) is 1. The van der Waals surface area contributed by atoms with Crippen LogP contribution in [0.4, 0.5) is 0 Å². The second-order valence-electron chi connectivity index (χ2n) is 7.25. The number of para-hydroxylation sites is 1. The van der Waals surface area contributed by atoms with Crippen molar-refractivity contribution >= 4 is 5.91 Å². The van der Waals surface area contributed by atoms with Crippen LogP contribution in [-0.4, -0.2) is 47.3 Å². The van der Waals surface area contributed by atoms with Gasteiger partial charge in [-0.1, -0.05) is 48.5 Å². The van der Waals surface area contributed by atoms with Crippen LogP contribution in [0.1, 0.15) is 33.2 Å². The van der Waals surface area contributed by atoms with Crippen LogP contribution in [0.25, 0.3) is 0 Å². The molecular weight excluding hydrogens is 364 g/mol. The Morgan fingerprint density at radius 1 is 1.17 bits per heavy atom. The molecule has 0 aliphatic carbocycles. The molecule has 2 heterocycles. The topological polar surface area (TPSA) is 59.4 Å². The van der Waals surface area contributed by atoms with Crippen molar-refractivity contribution in [2.24, 2.45) is 0 Å². The van der Waals surface area contributed by atoms with Gasteiger partial charge in [0.15, 0.2) is 0 Å². The van der Waals surface area contributed by atoms with E-state index in [-0.39, 0.29) is 11.9 Å². The van der Waals surface area contributed by atoms with Gasteiger partial charge in [0.25, 0.3) is 5.91 Å². The average Bonchev–Trinajstić information content (AvgIpc) is 3.14. The minimum absolute atomic E-state index is 0.0132. The van der Waals surface area contributed by atoms with Crippen molar-refractivity contribution in [3.05, 3.63) is 83.2 Å². The molecule has 1 unspecified atom stereocenters. The smallest absolute Gasteiger partial charge is 0.257 e. The molecule has 0 spiro atoms. The van der Waals surface area contributed by atoms with E-state index in [1.807, 2.05) is 59.0 Å². The van der Waals surface area contributed by atoms with Crippen LogP contribution in [-0.2, 0) is 6.54 Å². The van der Waals surface area contributed by atoms with Gasteiger partial charge >= 0.3 is 0 Å². The van der Waals surface area contributed by atoms with Crippen LogP contribution < -0.4 is 10.1 Å². The molecule has 1 atom stereocenters. The van der Waals surface area contributed by atoms with Gasteiger partial charge in [-0.15, -0.1) is 0 Å². The maximum atomic E-state index is 13.5. The fraction of sp³-hybridized carbons (Fsp3) is 0.304. The van der Waals surface area contributed by atoms with Gasteiger partial charge < -0.3 is 15.0 Å². The van der Waals surface area contributed by atoms with E-state index in [0.717, 1.165) is 29.1 Å². The predicted molar refractivity (Wildman–Crippen MR) is 112 cm³/mol. The van der Waals surface area contributed by atoms with E-state index in [0.29, 0.717) is 25.2 Å². The number of benzene rings is 2. The first kappa shape index (κ1) is 19.2. The largest absolute Gasteiger partial charge is 0.496 e. The number of aromatic nitrogens is 2. The fourth-order valence-corrected chi connectivity index (χ4v) is 3.89. The molecular formula is C23H26N4O2. The van der Waals surface area contributed by atoms with E-state index in [1.54, 1.807) is 13.3 Å². The first-order valence-electron chi connectivity index (χ1n) is 9.90. The Labute approximate surface area is 171 Å². The van der Waals surface area contributed by atoms with Crippen molar-refractivity contribution in [2.75, 3.05) is 26.7 Å². The highest BCUT2D eigenvalue weighted by Gasteiger charge is 2.32. The molecule has 0 saturated carbocycles. The van der Waals surface area contributed by atoms with Crippen molar-refractivity contribution in [1.82, 2.24) is 20.0 Å². The lowest BCUT2D eigenvalue weighted by molar-refractivity contribution is 0.0630. The molecule has 1 fully saturated rings. The van der Waals surface area contributed by atoms with Crippen LogP contribution >= 0.6 is 0 Å². The summed E-state index contributed by atoms with van der Waals surface area (Å²) in [6.45, 7) is 4.73. The molecule has 1 aromatic heterocycles. The minimum atomic E-state index is -0.0794. The Morgan fingerprint density at radius 2 is 1.93 bits per heavy atom. The number of hydrogen-bond donors (Lipinski definition) is 1. The monoisotopic (exact) mass is 390 g/mol. The third-order valence-corrected chi connectivity index (χ3v) is 5.51. The van der Waals surface area contributed by atoms with Crippen LogP contribution in [0.15, 0.2) is 60.8 Å². The number of nitrogens with zero attached hydrogens (tertiary/aromatic N) is 3. The molecule has 0 bridgehead atoms.